The molecule has 128 valence electrons. The van der Waals surface area contributed by atoms with Crippen molar-refractivity contribution in [2.45, 2.75) is 25.2 Å². The predicted molar refractivity (Wildman–Crippen MR) is 101 cm³/mol. The van der Waals surface area contributed by atoms with E-state index in [4.69, 9.17) is 4.74 Å². The lowest BCUT2D eigenvalue weighted by atomic mass is 9.73. The van der Waals surface area contributed by atoms with Crippen LogP contribution in [0.3, 0.4) is 0 Å². The van der Waals surface area contributed by atoms with Gasteiger partial charge in [0.05, 0.1) is 20.6 Å². The van der Waals surface area contributed by atoms with Crippen molar-refractivity contribution >= 4 is 33.1 Å². The summed E-state index contributed by atoms with van der Waals surface area (Å²) in [6.07, 6.45) is 1.40. The molecule has 5 heteroatoms. The van der Waals surface area contributed by atoms with Crippen molar-refractivity contribution in [3.05, 3.63) is 59.1 Å². The number of rotatable bonds is 3. The van der Waals surface area contributed by atoms with Gasteiger partial charge in [-0.05, 0) is 43.5 Å². The second kappa shape index (κ2) is 6.58. The molecule has 2 aromatic carbocycles. The summed E-state index contributed by atoms with van der Waals surface area (Å²) in [4.78, 5) is 17.7. The zero-order chi connectivity index (χ0) is 17.3. The molecule has 1 aliphatic heterocycles. The summed E-state index contributed by atoms with van der Waals surface area (Å²) in [5.41, 5.74) is 2.33. The first kappa shape index (κ1) is 16.2. The van der Waals surface area contributed by atoms with Crippen LogP contribution in [-0.2, 0) is 14.9 Å². The molecule has 2 heterocycles. The smallest absolute Gasteiger partial charge is 0.235 e. The Bertz CT molecular complexity index is 898. The van der Waals surface area contributed by atoms with Gasteiger partial charge in [0.1, 0.15) is 0 Å². The van der Waals surface area contributed by atoms with E-state index in [2.05, 4.69) is 10.3 Å². The van der Waals surface area contributed by atoms with Crippen LogP contribution in [0.4, 0.5) is 5.69 Å². The second-order valence-electron chi connectivity index (χ2n) is 6.43. The summed E-state index contributed by atoms with van der Waals surface area (Å²) in [5.74, 6) is 0.0441. The summed E-state index contributed by atoms with van der Waals surface area (Å²) in [6.45, 7) is 3.21. The number of aromatic nitrogens is 1. The molecule has 1 N–H and O–H groups in total. The van der Waals surface area contributed by atoms with E-state index in [1.54, 1.807) is 11.3 Å². The largest absolute Gasteiger partial charge is 0.381 e. The molecule has 4 nitrogen and oxygen atoms in total. The van der Waals surface area contributed by atoms with Crippen LogP contribution in [0.2, 0.25) is 0 Å². The van der Waals surface area contributed by atoms with Crippen LogP contribution in [0.15, 0.2) is 48.5 Å². The van der Waals surface area contributed by atoms with E-state index in [9.17, 15) is 4.79 Å². The van der Waals surface area contributed by atoms with E-state index >= 15 is 0 Å². The maximum atomic E-state index is 13.3. The van der Waals surface area contributed by atoms with E-state index in [-0.39, 0.29) is 5.91 Å². The van der Waals surface area contributed by atoms with Gasteiger partial charge in [-0.25, -0.2) is 4.98 Å². The number of amides is 1. The van der Waals surface area contributed by atoms with Gasteiger partial charge in [-0.15, -0.1) is 11.3 Å². The minimum absolute atomic E-state index is 0.0441. The third-order valence-corrected chi connectivity index (χ3v) is 5.79. The van der Waals surface area contributed by atoms with Crippen LogP contribution in [0.25, 0.3) is 10.2 Å². The van der Waals surface area contributed by atoms with E-state index in [0.29, 0.717) is 26.1 Å². The molecular formula is C20H20N2O2S. The SMILES string of the molecule is Cc1nc2ccc(NC(=O)C3(c4ccccc4)CCOCC3)cc2s1. The molecule has 1 aliphatic rings. The summed E-state index contributed by atoms with van der Waals surface area (Å²) < 4.78 is 6.61. The van der Waals surface area contributed by atoms with Crippen molar-refractivity contribution in [1.29, 1.82) is 0 Å². The highest BCUT2D eigenvalue weighted by Gasteiger charge is 2.41. The van der Waals surface area contributed by atoms with Crippen molar-refractivity contribution in [2.24, 2.45) is 0 Å². The predicted octanol–water partition coefficient (Wildman–Crippen LogP) is 4.29. The van der Waals surface area contributed by atoms with Crippen molar-refractivity contribution in [3.8, 4) is 0 Å². The van der Waals surface area contributed by atoms with Gasteiger partial charge in [0.2, 0.25) is 5.91 Å². The number of fused-ring (bicyclic) bond motifs is 1. The monoisotopic (exact) mass is 352 g/mol. The zero-order valence-corrected chi connectivity index (χ0v) is 14.9. The Labute approximate surface area is 150 Å². The quantitative estimate of drug-likeness (QED) is 0.765. The topological polar surface area (TPSA) is 51.2 Å². The molecule has 0 radical (unpaired) electrons. The molecule has 0 spiro atoms. The number of nitrogens with one attached hydrogen (secondary N) is 1. The molecule has 25 heavy (non-hydrogen) atoms. The van der Waals surface area contributed by atoms with Crippen LogP contribution in [0, 0.1) is 6.92 Å². The maximum absolute atomic E-state index is 13.3. The number of thiazole rings is 1. The van der Waals surface area contributed by atoms with Crippen LogP contribution in [0.1, 0.15) is 23.4 Å². The summed E-state index contributed by atoms with van der Waals surface area (Å²) in [6, 6.07) is 16.0. The van der Waals surface area contributed by atoms with E-state index in [1.807, 2.05) is 55.5 Å². The lowest BCUT2D eigenvalue weighted by Crippen LogP contribution is -2.44. The zero-order valence-electron chi connectivity index (χ0n) is 14.1. The van der Waals surface area contributed by atoms with Gasteiger partial charge in [0, 0.05) is 18.9 Å². The fraction of sp³-hybridized carbons (Fsp3) is 0.300. The molecule has 0 aliphatic carbocycles. The minimum Gasteiger partial charge on any atom is -0.381 e. The Morgan fingerprint density at radius 2 is 1.92 bits per heavy atom. The molecule has 0 bridgehead atoms. The number of nitrogens with zero attached hydrogens (tertiary/aromatic N) is 1. The van der Waals surface area contributed by atoms with Gasteiger partial charge in [-0.1, -0.05) is 30.3 Å². The average molecular weight is 352 g/mol. The molecule has 4 rings (SSSR count). The maximum Gasteiger partial charge on any atom is 0.235 e. The van der Waals surface area contributed by atoms with Gasteiger partial charge >= 0.3 is 0 Å². The van der Waals surface area contributed by atoms with Crippen molar-refractivity contribution in [3.63, 3.8) is 0 Å². The lowest BCUT2D eigenvalue weighted by molar-refractivity contribution is -0.125. The number of benzene rings is 2. The number of aryl methyl sites for hydroxylation is 1. The van der Waals surface area contributed by atoms with E-state index in [0.717, 1.165) is 26.5 Å². The van der Waals surface area contributed by atoms with Gasteiger partial charge in [-0.2, -0.15) is 0 Å². The highest BCUT2D eigenvalue weighted by Crippen LogP contribution is 2.36. The van der Waals surface area contributed by atoms with Crippen LogP contribution in [0.5, 0.6) is 0 Å². The summed E-state index contributed by atoms with van der Waals surface area (Å²) in [7, 11) is 0. The summed E-state index contributed by atoms with van der Waals surface area (Å²) in [5, 5.41) is 4.17. The average Bonchev–Trinajstić information content (AvgIpc) is 3.02. The molecule has 1 saturated heterocycles. The molecule has 1 aromatic heterocycles. The van der Waals surface area contributed by atoms with Crippen LogP contribution < -0.4 is 5.32 Å². The molecule has 1 amide bonds. The Kier molecular flexibility index (Phi) is 4.27. The van der Waals surface area contributed by atoms with Crippen LogP contribution in [-0.4, -0.2) is 24.1 Å². The summed E-state index contributed by atoms with van der Waals surface area (Å²) >= 11 is 1.64. The number of anilines is 1. The highest BCUT2D eigenvalue weighted by atomic mass is 32.1. The van der Waals surface area contributed by atoms with Crippen molar-refractivity contribution in [2.75, 3.05) is 18.5 Å². The number of hydrogen-bond donors (Lipinski definition) is 1. The molecule has 0 atom stereocenters. The Balaban J connectivity index is 1.66. The minimum atomic E-state index is -0.530. The van der Waals surface area contributed by atoms with Gasteiger partial charge in [0.25, 0.3) is 0 Å². The van der Waals surface area contributed by atoms with Gasteiger partial charge in [0.15, 0.2) is 0 Å². The van der Waals surface area contributed by atoms with Crippen LogP contribution >= 0.6 is 11.3 Å². The Hall–Kier alpha value is -2.24. The fourth-order valence-electron chi connectivity index (χ4n) is 3.49. The molecule has 0 saturated carbocycles. The third kappa shape index (κ3) is 3.05. The third-order valence-electron chi connectivity index (χ3n) is 4.86. The Morgan fingerprint density at radius 3 is 2.68 bits per heavy atom. The first-order valence-corrected chi connectivity index (χ1v) is 9.31. The van der Waals surface area contributed by atoms with E-state index < -0.39 is 5.41 Å². The standard InChI is InChI=1S/C20H20N2O2S/c1-14-21-17-8-7-16(13-18(17)25-14)22-19(23)20(9-11-24-12-10-20)15-5-3-2-4-6-15/h2-8,13H,9-12H2,1H3,(H,22,23). The molecule has 1 fully saturated rings. The number of carbonyl (C=O) groups excluding carboxylic acids is 1. The second-order valence-corrected chi connectivity index (χ2v) is 7.66. The molecule has 0 unspecified atom stereocenters. The lowest BCUT2D eigenvalue weighted by Gasteiger charge is -2.36. The normalized spacial score (nSPS) is 16.7. The van der Waals surface area contributed by atoms with Gasteiger partial charge in [-0.3, -0.25) is 4.79 Å². The first-order valence-electron chi connectivity index (χ1n) is 8.49. The van der Waals surface area contributed by atoms with Gasteiger partial charge < -0.3 is 10.1 Å². The number of carbonyl (C=O) groups is 1. The van der Waals surface area contributed by atoms with Crippen molar-refractivity contribution < 1.29 is 9.53 Å². The fourth-order valence-corrected chi connectivity index (χ4v) is 4.36. The number of ether oxygens (including phenoxy) is 1. The molecule has 3 aromatic rings. The highest BCUT2D eigenvalue weighted by molar-refractivity contribution is 7.18. The molecular weight excluding hydrogens is 332 g/mol. The van der Waals surface area contributed by atoms with E-state index in [1.165, 1.54) is 0 Å². The number of hydrogen-bond acceptors (Lipinski definition) is 4. The van der Waals surface area contributed by atoms with Crippen molar-refractivity contribution in [1.82, 2.24) is 4.98 Å². The Morgan fingerprint density at radius 1 is 1.16 bits per heavy atom. The first-order chi connectivity index (χ1) is 12.2.